The maximum absolute atomic E-state index is 13.0. The summed E-state index contributed by atoms with van der Waals surface area (Å²) in [5, 5.41) is 0.515. The fourth-order valence-electron chi connectivity index (χ4n) is 4.00. The molecule has 1 N–H and O–H groups in total. The van der Waals surface area contributed by atoms with E-state index in [4.69, 9.17) is 0 Å². The molecule has 2 aromatic carbocycles. The third kappa shape index (κ3) is 4.21. The number of nitrogens with one attached hydrogen (secondary N) is 1. The number of aromatic amines is 1. The first kappa shape index (κ1) is 20.8. The van der Waals surface area contributed by atoms with Crippen LogP contribution in [0.1, 0.15) is 37.6 Å². The molecule has 1 fully saturated rings. The van der Waals surface area contributed by atoms with E-state index in [0.29, 0.717) is 29.2 Å². The molecule has 31 heavy (non-hydrogen) atoms. The highest BCUT2D eigenvalue weighted by atomic mass is 16.2. The van der Waals surface area contributed by atoms with Gasteiger partial charge in [0.25, 0.3) is 5.56 Å². The molecule has 3 aromatic rings. The van der Waals surface area contributed by atoms with Crippen LogP contribution < -0.4 is 10.5 Å². The quantitative estimate of drug-likeness (QED) is 0.690. The number of benzene rings is 2. The van der Waals surface area contributed by atoms with Gasteiger partial charge in [-0.25, -0.2) is 4.98 Å². The van der Waals surface area contributed by atoms with Gasteiger partial charge in [0.05, 0.1) is 23.4 Å². The maximum Gasteiger partial charge on any atom is 0.258 e. The normalized spacial score (nSPS) is 16.3. The topological polar surface area (TPSA) is 86.4 Å². The Hall–Kier alpha value is -3.48. The van der Waals surface area contributed by atoms with Gasteiger partial charge < -0.3 is 14.8 Å². The van der Waals surface area contributed by atoms with Gasteiger partial charge in [0.15, 0.2) is 0 Å². The summed E-state index contributed by atoms with van der Waals surface area (Å²) < 4.78 is 0. The van der Waals surface area contributed by atoms with Gasteiger partial charge in [-0.1, -0.05) is 38.1 Å². The second kappa shape index (κ2) is 8.34. The molecule has 0 spiro atoms. The maximum atomic E-state index is 13.0. The summed E-state index contributed by atoms with van der Waals surface area (Å²) in [4.78, 5) is 48.4. The van der Waals surface area contributed by atoms with Gasteiger partial charge in [-0.15, -0.1) is 0 Å². The summed E-state index contributed by atoms with van der Waals surface area (Å²) in [5.41, 5.74) is 2.35. The zero-order chi connectivity index (χ0) is 22.1. The predicted molar refractivity (Wildman–Crippen MR) is 120 cm³/mol. The summed E-state index contributed by atoms with van der Waals surface area (Å²) in [7, 11) is 1.67. The molecule has 0 saturated carbocycles. The van der Waals surface area contributed by atoms with E-state index in [1.165, 1.54) is 4.90 Å². The summed E-state index contributed by atoms with van der Waals surface area (Å²) >= 11 is 0. The third-order valence-corrected chi connectivity index (χ3v) is 5.75. The van der Waals surface area contributed by atoms with Gasteiger partial charge in [0, 0.05) is 25.7 Å². The minimum absolute atomic E-state index is 0.0510. The highest BCUT2D eigenvalue weighted by Gasteiger charge is 2.36. The largest absolute Gasteiger partial charge is 0.338 e. The van der Waals surface area contributed by atoms with E-state index in [-0.39, 0.29) is 30.3 Å². The number of amides is 2. The SMILES string of the molecule is CC(C)c1cccc(N2CC(C(=O)N(C)Cc3nc4ccccc4c(=O)[nH]3)CC2=O)c1. The summed E-state index contributed by atoms with van der Waals surface area (Å²) in [6, 6.07) is 15.0. The first-order chi connectivity index (χ1) is 14.8. The lowest BCUT2D eigenvalue weighted by Gasteiger charge is -2.21. The number of para-hydroxylation sites is 1. The van der Waals surface area contributed by atoms with Crippen molar-refractivity contribution in [2.45, 2.75) is 32.7 Å². The summed E-state index contributed by atoms with van der Waals surface area (Å²) in [5.74, 6) is 0.173. The van der Waals surface area contributed by atoms with Crippen molar-refractivity contribution in [1.82, 2.24) is 14.9 Å². The van der Waals surface area contributed by atoms with Crippen LogP contribution in [0.3, 0.4) is 0 Å². The number of carbonyl (C=O) groups excluding carboxylic acids is 2. The first-order valence-corrected chi connectivity index (χ1v) is 10.5. The molecule has 0 radical (unpaired) electrons. The van der Waals surface area contributed by atoms with Gasteiger partial charge in [-0.2, -0.15) is 0 Å². The molecule has 1 saturated heterocycles. The number of carbonyl (C=O) groups is 2. The number of hydrogen-bond acceptors (Lipinski definition) is 4. The van der Waals surface area contributed by atoms with Crippen LogP contribution in [0.4, 0.5) is 5.69 Å². The Morgan fingerprint density at radius 1 is 1.19 bits per heavy atom. The van der Waals surface area contributed by atoms with Crippen molar-refractivity contribution in [3.05, 3.63) is 70.3 Å². The highest BCUT2D eigenvalue weighted by Crippen LogP contribution is 2.28. The minimum atomic E-state index is -0.424. The molecule has 1 unspecified atom stereocenters. The van der Waals surface area contributed by atoms with Crippen molar-refractivity contribution in [2.75, 3.05) is 18.5 Å². The molecule has 2 heterocycles. The zero-order valence-electron chi connectivity index (χ0n) is 18.0. The van der Waals surface area contributed by atoms with Gasteiger partial charge in [-0.3, -0.25) is 14.4 Å². The number of fused-ring (bicyclic) bond motifs is 1. The molecule has 4 rings (SSSR count). The summed E-state index contributed by atoms with van der Waals surface area (Å²) in [6.45, 7) is 4.74. The molecule has 2 amide bonds. The fraction of sp³-hybridized carbons (Fsp3) is 0.333. The van der Waals surface area contributed by atoms with E-state index in [2.05, 4.69) is 23.8 Å². The van der Waals surface area contributed by atoms with Crippen LogP contribution in [-0.2, 0) is 16.1 Å². The molecular formula is C24H26N4O3. The van der Waals surface area contributed by atoms with Gasteiger partial charge in [0.1, 0.15) is 5.82 Å². The molecule has 160 valence electrons. The van der Waals surface area contributed by atoms with Crippen molar-refractivity contribution < 1.29 is 9.59 Å². The van der Waals surface area contributed by atoms with E-state index >= 15 is 0 Å². The number of rotatable bonds is 5. The van der Waals surface area contributed by atoms with Crippen molar-refractivity contribution in [1.29, 1.82) is 0 Å². The van der Waals surface area contributed by atoms with Gasteiger partial charge >= 0.3 is 0 Å². The number of H-pyrrole nitrogens is 1. The third-order valence-electron chi connectivity index (χ3n) is 5.75. The van der Waals surface area contributed by atoms with E-state index in [1.54, 1.807) is 30.1 Å². The zero-order valence-corrected chi connectivity index (χ0v) is 18.0. The van der Waals surface area contributed by atoms with Crippen molar-refractivity contribution >= 4 is 28.4 Å². The fourth-order valence-corrected chi connectivity index (χ4v) is 4.00. The summed E-state index contributed by atoms with van der Waals surface area (Å²) in [6.07, 6.45) is 0.177. The second-order valence-electron chi connectivity index (χ2n) is 8.38. The van der Waals surface area contributed by atoms with Crippen molar-refractivity contribution in [3.8, 4) is 0 Å². The number of aromatic nitrogens is 2. The Kier molecular flexibility index (Phi) is 5.59. The monoisotopic (exact) mass is 418 g/mol. The van der Waals surface area contributed by atoms with Crippen molar-refractivity contribution in [3.63, 3.8) is 0 Å². The lowest BCUT2D eigenvalue weighted by molar-refractivity contribution is -0.135. The predicted octanol–water partition coefficient (Wildman–Crippen LogP) is 3.06. The Balaban J connectivity index is 1.48. The molecule has 1 atom stereocenters. The molecule has 1 aliphatic heterocycles. The van der Waals surface area contributed by atoms with Crippen LogP contribution in [0.15, 0.2) is 53.3 Å². The molecule has 0 bridgehead atoms. The van der Waals surface area contributed by atoms with Crippen LogP contribution >= 0.6 is 0 Å². The van der Waals surface area contributed by atoms with E-state index in [1.807, 2.05) is 30.3 Å². The molecule has 7 nitrogen and oxygen atoms in total. The smallest absolute Gasteiger partial charge is 0.258 e. The number of anilines is 1. The van der Waals surface area contributed by atoms with Crippen LogP contribution in [0.2, 0.25) is 0 Å². The van der Waals surface area contributed by atoms with Crippen LogP contribution in [0.25, 0.3) is 10.9 Å². The van der Waals surface area contributed by atoms with E-state index < -0.39 is 5.92 Å². The second-order valence-corrected chi connectivity index (χ2v) is 8.38. The molecule has 1 aliphatic rings. The van der Waals surface area contributed by atoms with Gasteiger partial charge in [0.2, 0.25) is 11.8 Å². The molecular weight excluding hydrogens is 392 g/mol. The average molecular weight is 418 g/mol. The lowest BCUT2D eigenvalue weighted by Crippen LogP contribution is -2.35. The van der Waals surface area contributed by atoms with Crippen LogP contribution in [-0.4, -0.2) is 40.3 Å². The first-order valence-electron chi connectivity index (χ1n) is 10.5. The molecule has 7 heteroatoms. The Labute approximate surface area is 180 Å². The average Bonchev–Trinajstić information content (AvgIpc) is 3.15. The molecule has 1 aromatic heterocycles. The number of hydrogen-bond donors (Lipinski definition) is 1. The lowest BCUT2D eigenvalue weighted by atomic mass is 10.0. The Morgan fingerprint density at radius 3 is 2.74 bits per heavy atom. The van der Waals surface area contributed by atoms with E-state index in [9.17, 15) is 14.4 Å². The minimum Gasteiger partial charge on any atom is -0.338 e. The van der Waals surface area contributed by atoms with Gasteiger partial charge in [-0.05, 0) is 35.7 Å². The Bertz CT molecular complexity index is 1200. The number of nitrogens with zero attached hydrogens (tertiary/aromatic N) is 3. The van der Waals surface area contributed by atoms with Crippen molar-refractivity contribution in [2.24, 2.45) is 5.92 Å². The van der Waals surface area contributed by atoms with Crippen LogP contribution in [0.5, 0.6) is 0 Å². The standard InChI is InChI=1S/C24H26N4O3/c1-15(2)16-7-6-8-18(11-16)28-13-17(12-22(28)29)24(31)27(3)14-21-25-20-10-5-4-9-19(20)23(30)26-21/h4-11,15,17H,12-14H2,1-3H3,(H,25,26,30). The highest BCUT2D eigenvalue weighted by molar-refractivity contribution is 6.00. The Morgan fingerprint density at radius 2 is 1.97 bits per heavy atom. The molecule has 0 aliphatic carbocycles. The van der Waals surface area contributed by atoms with E-state index in [0.717, 1.165) is 11.3 Å². The van der Waals surface area contributed by atoms with Crippen LogP contribution in [0, 0.1) is 5.92 Å².